The van der Waals surface area contributed by atoms with Crippen LogP contribution in [0.25, 0.3) is 0 Å². The molecule has 216 valence electrons. The van der Waals surface area contributed by atoms with Gasteiger partial charge >= 0.3 is 0 Å². The van der Waals surface area contributed by atoms with Crippen molar-refractivity contribution in [2.75, 3.05) is 9.80 Å². The van der Waals surface area contributed by atoms with Crippen molar-refractivity contribution in [3.63, 3.8) is 0 Å². The lowest BCUT2D eigenvalue weighted by molar-refractivity contribution is 0.346. The second-order valence-electron chi connectivity index (χ2n) is 11.7. The van der Waals surface area contributed by atoms with Gasteiger partial charge in [-0.1, -0.05) is 116 Å². The van der Waals surface area contributed by atoms with Crippen LogP contribution < -0.4 is 9.80 Å². The lowest BCUT2D eigenvalue weighted by Gasteiger charge is -2.39. The standard InChI is InChI=1S/C42H38N2/c1-6-16-36(17-7-1)43(37-18-8-2-9-19-37)40-28-24-34(25-29-40)42(32-14-5-15-33-42)35-26-30-41(31-27-35)44(38-20-10-3-11-21-38)39-22-12-4-13-23-39/h1-4,6-13,16-31H,5,14-15,32-33H2. The Morgan fingerprint density at radius 2 is 0.568 bits per heavy atom. The summed E-state index contributed by atoms with van der Waals surface area (Å²) in [7, 11) is 0. The zero-order valence-electron chi connectivity index (χ0n) is 25.1. The van der Waals surface area contributed by atoms with Gasteiger partial charge in [0.2, 0.25) is 0 Å². The van der Waals surface area contributed by atoms with Crippen LogP contribution in [0.15, 0.2) is 170 Å². The van der Waals surface area contributed by atoms with E-state index in [2.05, 4.69) is 180 Å². The molecule has 0 spiro atoms. The van der Waals surface area contributed by atoms with E-state index in [1.54, 1.807) is 0 Å². The predicted molar refractivity (Wildman–Crippen MR) is 186 cm³/mol. The van der Waals surface area contributed by atoms with Crippen molar-refractivity contribution in [2.24, 2.45) is 0 Å². The molecule has 6 aromatic carbocycles. The molecule has 7 rings (SSSR count). The molecule has 2 nitrogen and oxygen atoms in total. The van der Waals surface area contributed by atoms with Crippen LogP contribution in [0, 0.1) is 0 Å². The fraction of sp³-hybridized carbons (Fsp3) is 0.143. The molecule has 0 unspecified atom stereocenters. The minimum Gasteiger partial charge on any atom is -0.311 e. The molecule has 0 amide bonds. The van der Waals surface area contributed by atoms with E-state index < -0.39 is 0 Å². The van der Waals surface area contributed by atoms with Crippen LogP contribution in [0.3, 0.4) is 0 Å². The maximum Gasteiger partial charge on any atom is 0.0461 e. The summed E-state index contributed by atoms with van der Waals surface area (Å²) < 4.78 is 0. The fourth-order valence-electron chi connectivity index (χ4n) is 6.96. The van der Waals surface area contributed by atoms with E-state index in [9.17, 15) is 0 Å². The third-order valence-electron chi connectivity index (χ3n) is 9.12. The van der Waals surface area contributed by atoms with Crippen LogP contribution in [0.1, 0.15) is 43.2 Å². The molecule has 44 heavy (non-hydrogen) atoms. The number of nitrogens with zero attached hydrogens (tertiary/aromatic N) is 2. The summed E-state index contributed by atoms with van der Waals surface area (Å²) in [6, 6.07) is 61.4. The highest BCUT2D eigenvalue weighted by Gasteiger charge is 2.36. The number of benzene rings is 6. The third-order valence-corrected chi connectivity index (χ3v) is 9.12. The summed E-state index contributed by atoms with van der Waals surface area (Å²) in [5.74, 6) is 0. The van der Waals surface area contributed by atoms with Crippen LogP contribution in [-0.2, 0) is 5.41 Å². The van der Waals surface area contributed by atoms with Crippen LogP contribution in [0.2, 0.25) is 0 Å². The van der Waals surface area contributed by atoms with Crippen LogP contribution in [0.5, 0.6) is 0 Å². The van der Waals surface area contributed by atoms with Gasteiger partial charge in [0.25, 0.3) is 0 Å². The van der Waals surface area contributed by atoms with Crippen LogP contribution in [0.4, 0.5) is 34.1 Å². The molecule has 1 saturated carbocycles. The quantitative estimate of drug-likeness (QED) is 0.180. The second kappa shape index (κ2) is 12.7. The van der Waals surface area contributed by atoms with E-state index in [4.69, 9.17) is 0 Å². The zero-order valence-corrected chi connectivity index (χ0v) is 25.1. The Morgan fingerprint density at radius 3 is 0.864 bits per heavy atom. The molecule has 0 aliphatic heterocycles. The molecule has 0 saturated heterocycles. The molecule has 2 heteroatoms. The van der Waals surface area contributed by atoms with Gasteiger partial charge in [0.05, 0.1) is 0 Å². The van der Waals surface area contributed by atoms with Gasteiger partial charge in [0, 0.05) is 39.5 Å². The van der Waals surface area contributed by atoms with Gasteiger partial charge in [0.15, 0.2) is 0 Å². The highest BCUT2D eigenvalue weighted by atomic mass is 15.1. The molecular weight excluding hydrogens is 532 g/mol. The van der Waals surface area contributed by atoms with Gasteiger partial charge in [-0.15, -0.1) is 0 Å². The maximum absolute atomic E-state index is 2.38. The van der Waals surface area contributed by atoms with Crippen molar-refractivity contribution in [2.45, 2.75) is 37.5 Å². The largest absolute Gasteiger partial charge is 0.311 e. The maximum atomic E-state index is 2.38. The van der Waals surface area contributed by atoms with Gasteiger partial charge in [-0.2, -0.15) is 0 Å². The van der Waals surface area contributed by atoms with Gasteiger partial charge < -0.3 is 9.80 Å². The molecule has 6 aromatic rings. The normalized spacial score (nSPS) is 14.1. The molecule has 1 aliphatic carbocycles. The van der Waals surface area contributed by atoms with E-state index in [-0.39, 0.29) is 5.41 Å². The van der Waals surface area contributed by atoms with Crippen molar-refractivity contribution in [1.82, 2.24) is 0 Å². The first kappa shape index (κ1) is 27.7. The Hall–Kier alpha value is -5.08. The lowest BCUT2D eigenvalue weighted by Crippen LogP contribution is -2.30. The zero-order chi connectivity index (χ0) is 29.6. The van der Waals surface area contributed by atoms with Crippen LogP contribution in [-0.4, -0.2) is 0 Å². The molecular formula is C42H38N2. The summed E-state index contributed by atoms with van der Waals surface area (Å²) in [6.45, 7) is 0. The summed E-state index contributed by atoms with van der Waals surface area (Å²) in [5, 5.41) is 0. The summed E-state index contributed by atoms with van der Waals surface area (Å²) in [5.41, 5.74) is 9.85. The van der Waals surface area contributed by atoms with E-state index in [1.807, 2.05) is 0 Å². The highest BCUT2D eigenvalue weighted by Crippen LogP contribution is 2.47. The highest BCUT2D eigenvalue weighted by molar-refractivity contribution is 5.78. The van der Waals surface area contributed by atoms with Gasteiger partial charge in [-0.25, -0.2) is 0 Å². The predicted octanol–water partition coefficient (Wildman–Crippen LogP) is 11.9. The molecule has 0 radical (unpaired) electrons. The summed E-state index contributed by atoms with van der Waals surface area (Å²) in [6.07, 6.45) is 6.17. The van der Waals surface area contributed by atoms with E-state index in [0.29, 0.717) is 0 Å². The van der Waals surface area contributed by atoms with Gasteiger partial charge in [-0.05, 0) is 96.8 Å². The molecule has 1 fully saturated rings. The average molecular weight is 571 g/mol. The van der Waals surface area contributed by atoms with Crippen molar-refractivity contribution >= 4 is 34.1 Å². The van der Waals surface area contributed by atoms with Gasteiger partial charge in [-0.3, -0.25) is 0 Å². The minimum atomic E-state index is 0.0178. The number of hydrogen-bond donors (Lipinski definition) is 0. The Kier molecular flexibility index (Phi) is 7.97. The minimum absolute atomic E-state index is 0.0178. The van der Waals surface area contributed by atoms with Crippen molar-refractivity contribution in [3.8, 4) is 0 Å². The molecule has 1 aliphatic rings. The first-order chi connectivity index (χ1) is 21.8. The number of rotatable bonds is 8. The topological polar surface area (TPSA) is 6.48 Å². The number of anilines is 6. The Labute approximate surface area is 261 Å². The van der Waals surface area contributed by atoms with Crippen molar-refractivity contribution in [3.05, 3.63) is 181 Å². The third kappa shape index (κ3) is 5.52. The molecule has 0 N–H and O–H groups in total. The molecule has 0 atom stereocenters. The first-order valence-corrected chi connectivity index (χ1v) is 15.8. The van der Waals surface area contributed by atoms with Crippen LogP contribution >= 0.6 is 0 Å². The Balaban J connectivity index is 1.25. The fourth-order valence-corrected chi connectivity index (χ4v) is 6.96. The SMILES string of the molecule is c1ccc(N(c2ccccc2)c2ccc(C3(c4ccc(N(c5ccccc5)c5ccccc5)cc4)CCCCC3)cc2)cc1. The van der Waals surface area contributed by atoms with E-state index >= 15 is 0 Å². The number of para-hydroxylation sites is 4. The second-order valence-corrected chi connectivity index (χ2v) is 11.7. The van der Waals surface area contributed by atoms with E-state index in [1.165, 1.54) is 54.6 Å². The molecule has 0 bridgehead atoms. The smallest absolute Gasteiger partial charge is 0.0461 e. The van der Waals surface area contributed by atoms with Gasteiger partial charge in [0.1, 0.15) is 0 Å². The Morgan fingerprint density at radius 1 is 0.295 bits per heavy atom. The monoisotopic (exact) mass is 570 g/mol. The summed E-state index contributed by atoms with van der Waals surface area (Å²) in [4.78, 5) is 4.68. The molecule has 0 aromatic heterocycles. The van der Waals surface area contributed by atoms with Crippen molar-refractivity contribution in [1.29, 1.82) is 0 Å². The lowest BCUT2D eigenvalue weighted by atomic mass is 9.65. The van der Waals surface area contributed by atoms with Crippen molar-refractivity contribution < 1.29 is 0 Å². The Bertz CT molecular complexity index is 1530. The first-order valence-electron chi connectivity index (χ1n) is 15.8. The molecule has 0 heterocycles. The van der Waals surface area contributed by atoms with E-state index in [0.717, 1.165) is 22.7 Å². The number of hydrogen-bond acceptors (Lipinski definition) is 2. The summed E-state index contributed by atoms with van der Waals surface area (Å²) >= 11 is 0. The average Bonchev–Trinajstić information content (AvgIpc) is 3.11.